The van der Waals surface area contributed by atoms with Crippen molar-refractivity contribution in [2.75, 3.05) is 7.05 Å². The molecule has 2 aromatic carbocycles. The van der Waals surface area contributed by atoms with Crippen LogP contribution in [0.4, 0.5) is 0 Å². The molecular weight excluding hydrogens is 414 g/mol. The Morgan fingerprint density at radius 1 is 1.03 bits per heavy atom. The van der Waals surface area contributed by atoms with Crippen LogP contribution in [-0.4, -0.2) is 28.3 Å². The van der Waals surface area contributed by atoms with Crippen LogP contribution in [0.2, 0.25) is 5.02 Å². The Morgan fingerprint density at radius 2 is 1.74 bits per heavy atom. The number of hydrogen-bond acceptors (Lipinski definition) is 4. The number of aromatic nitrogens is 2. The van der Waals surface area contributed by atoms with E-state index in [1.807, 2.05) is 6.07 Å². The monoisotopic (exact) mass is 441 g/mol. The number of aromatic carboxylic acids is 1. The summed E-state index contributed by atoms with van der Waals surface area (Å²) in [7, 11) is 1.50. The molecule has 164 valence electrons. The highest BCUT2D eigenvalue weighted by atomic mass is 35.5. The largest absolute Gasteiger partial charge is 0.478 e. The van der Waals surface area contributed by atoms with Crippen LogP contribution in [0.25, 0.3) is 11.3 Å². The summed E-state index contributed by atoms with van der Waals surface area (Å²) in [6, 6.07) is 17.6. The third-order valence-electron chi connectivity index (χ3n) is 5.01. The molecule has 1 aliphatic rings. The number of H-pyrrole nitrogens is 1. The van der Waals surface area contributed by atoms with Crippen LogP contribution in [0.1, 0.15) is 53.9 Å². The molecule has 0 radical (unpaired) electrons. The van der Waals surface area contributed by atoms with E-state index in [2.05, 4.69) is 34.1 Å². The van der Waals surface area contributed by atoms with Gasteiger partial charge in [-0.2, -0.15) is 5.10 Å². The Hall–Kier alpha value is -2.96. The van der Waals surface area contributed by atoms with E-state index in [9.17, 15) is 9.59 Å². The lowest BCUT2D eigenvalue weighted by atomic mass is 9.84. The van der Waals surface area contributed by atoms with Crippen molar-refractivity contribution < 1.29 is 9.90 Å². The standard InChI is InChI=1S/C12H15Cl.C11H8N2O3.CH5N/c13-12-8-4-7-11(9-12)10-5-2-1-3-6-10;14-10-5-4-9(12-13-10)7-2-1-3-8(6-7)11(15)16;1-2/h4,7-10H,1-3,5-6H2;1-6H,(H,13,14)(H,15,16);2H2,1H3. The first-order chi connectivity index (χ1) is 15.0. The fourth-order valence-electron chi connectivity index (χ4n) is 3.51. The smallest absolute Gasteiger partial charge is 0.335 e. The molecule has 7 heteroatoms. The number of nitrogens with two attached hydrogens (primary N) is 1. The quantitative estimate of drug-likeness (QED) is 0.524. The van der Waals surface area contributed by atoms with Crippen molar-refractivity contribution in [3.05, 3.63) is 87.2 Å². The van der Waals surface area contributed by atoms with Crippen LogP contribution >= 0.6 is 11.6 Å². The van der Waals surface area contributed by atoms with Gasteiger partial charge in [0.1, 0.15) is 0 Å². The van der Waals surface area contributed by atoms with Crippen molar-refractivity contribution in [2.24, 2.45) is 5.73 Å². The molecule has 6 nitrogen and oxygen atoms in total. The molecule has 1 saturated carbocycles. The summed E-state index contributed by atoms with van der Waals surface area (Å²) < 4.78 is 0. The predicted molar refractivity (Wildman–Crippen MR) is 125 cm³/mol. The summed E-state index contributed by atoms with van der Waals surface area (Å²) >= 11 is 5.96. The van der Waals surface area contributed by atoms with E-state index in [1.54, 1.807) is 18.2 Å². The molecule has 0 saturated heterocycles. The number of rotatable bonds is 3. The predicted octanol–water partition coefficient (Wildman–Crippen LogP) is 5.10. The highest BCUT2D eigenvalue weighted by Gasteiger charge is 2.15. The van der Waals surface area contributed by atoms with E-state index in [0.29, 0.717) is 11.3 Å². The third kappa shape index (κ3) is 7.66. The second-order valence-electron chi connectivity index (χ2n) is 7.08. The average Bonchev–Trinajstić information content (AvgIpc) is 2.82. The van der Waals surface area contributed by atoms with E-state index in [-0.39, 0.29) is 11.1 Å². The molecule has 0 atom stereocenters. The van der Waals surface area contributed by atoms with Crippen LogP contribution in [0, 0.1) is 0 Å². The zero-order valence-corrected chi connectivity index (χ0v) is 18.3. The number of carboxylic acid groups (broad SMARTS) is 1. The molecule has 0 unspecified atom stereocenters. The Kier molecular flexibility index (Phi) is 9.94. The SMILES string of the molecule is CN.Clc1cccc(C2CCCCC2)c1.O=C(O)c1cccc(-c2ccc(=O)[nH]n2)c1. The van der Waals surface area contributed by atoms with Crippen molar-refractivity contribution in [3.8, 4) is 11.3 Å². The number of nitrogens with one attached hydrogen (secondary N) is 1. The average molecular weight is 442 g/mol. The van der Waals surface area contributed by atoms with Gasteiger partial charge >= 0.3 is 5.97 Å². The Labute approximate surface area is 187 Å². The van der Waals surface area contributed by atoms with Crippen LogP contribution in [0.3, 0.4) is 0 Å². The van der Waals surface area contributed by atoms with Gasteiger partial charge in [0, 0.05) is 16.7 Å². The lowest BCUT2D eigenvalue weighted by Crippen LogP contribution is -2.05. The summed E-state index contributed by atoms with van der Waals surface area (Å²) in [5, 5.41) is 15.8. The number of hydrogen-bond donors (Lipinski definition) is 3. The molecule has 4 rings (SSSR count). The summed E-state index contributed by atoms with van der Waals surface area (Å²) in [5.74, 6) is -0.223. The molecular formula is C24H28ClN3O3. The fourth-order valence-corrected chi connectivity index (χ4v) is 3.71. The third-order valence-corrected chi connectivity index (χ3v) is 5.24. The first-order valence-corrected chi connectivity index (χ1v) is 10.6. The minimum absolute atomic E-state index is 0.186. The Balaban J connectivity index is 0.000000208. The molecule has 0 amide bonds. The lowest BCUT2D eigenvalue weighted by Gasteiger charge is -2.21. The maximum atomic E-state index is 10.8. The van der Waals surface area contributed by atoms with E-state index in [1.165, 1.54) is 62.9 Å². The lowest BCUT2D eigenvalue weighted by molar-refractivity contribution is 0.0697. The first-order valence-electron chi connectivity index (χ1n) is 10.3. The number of carboxylic acids is 1. The Bertz CT molecular complexity index is 1010. The molecule has 1 aromatic heterocycles. The highest BCUT2D eigenvalue weighted by Crippen LogP contribution is 2.33. The van der Waals surface area contributed by atoms with Crippen molar-refractivity contribution >= 4 is 17.6 Å². The number of aromatic amines is 1. The van der Waals surface area contributed by atoms with Crippen molar-refractivity contribution in [1.29, 1.82) is 0 Å². The minimum atomic E-state index is -0.994. The van der Waals surface area contributed by atoms with Gasteiger partial charge in [0.15, 0.2) is 0 Å². The van der Waals surface area contributed by atoms with Gasteiger partial charge in [0.2, 0.25) is 0 Å². The molecule has 1 fully saturated rings. The minimum Gasteiger partial charge on any atom is -0.478 e. The normalized spacial score (nSPS) is 13.3. The molecule has 0 spiro atoms. The van der Waals surface area contributed by atoms with Crippen LogP contribution in [0.5, 0.6) is 0 Å². The summed E-state index contributed by atoms with van der Waals surface area (Å²) in [6.45, 7) is 0. The molecule has 31 heavy (non-hydrogen) atoms. The van der Waals surface area contributed by atoms with E-state index < -0.39 is 5.97 Å². The second kappa shape index (κ2) is 12.7. The van der Waals surface area contributed by atoms with Gasteiger partial charge in [-0.05, 0) is 61.7 Å². The number of benzene rings is 2. The van der Waals surface area contributed by atoms with Gasteiger partial charge in [-0.15, -0.1) is 0 Å². The molecule has 4 N–H and O–H groups in total. The molecule has 3 aromatic rings. The van der Waals surface area contributed by atoms with Crippen LogP contribution in [-0.2, 0) is 0 Å². The molecule has 1 aliphatic carbocycles. The summed E-state index contributed by atoms with van der Waals surface area (Å²) in [6.07, 6.45) is 6.88. The molecule has 1 heterocycles. The number of nitrogens with zero attached hydrogens (tertiary/aromatic N) is 1. The topological polar surface area (TPSA) is 109 Å². The summed E-state index contributed by atoms with van der Waals surface area (Å²) in [4.78, 5) is 21.6. The zero-order chi connectivity index (χ0) is 22.6. The summed E-state index contributed by atoms with van der Waals surface area (Å²) in [5.41, 5.74) is 7.01. The number of halogens is 1. The first kappa shape index (κ1) is 24.3. The molecule has 0 aliphatic heterocycles. The second-order valence-corrected chi connectivity index (χ2v) is 7.52. The van der Waals surface area contributed by atoms with Gasteiger partial charge in [-0.1, -0.05) is 55.1 Å². The van der Waals surface area contributed by atoms with E-state index >= 15 is 0 Å². The Morgan fingerprint density at radius 3 is 2.35 bits per heavy atom. The number of carbonyl (C=O) groups is 1. The van der Waals surface area contributed by atoms with Gasteiger partial charge in [0.25, 0.3) is 5.56 Å². The van der Waals surface area contributed by atoms with Crippen molar-refractivity contribution in [2.45, 2.75) is 38.0 Å². The maximum absolute atomic E-state index is 10.8. The zero-order valence-electron chi connectivity index (χ0n) is 17.6. The van der Waals surface area contributed by atoms with E-state index in [0.717, 1.165) is 10.9 Å². The van der Waals surface area contributed by atoms with E-state index in [4.69, 9.17) is 16.7 Å². The fraction of sp³-hybridized carbons (Fsp3) is 0.292. The molecule has 0 bridgehead atoms. The van der Waals surface area contributed by atoms with Gasteiger partial charge in [-0.25, -0.2) is 9.89 Å². The maximum Gasteiger partial charge on any atom is 0.335 e. The van der Waals surface area contributed by atoms with Crippen LogP contribution in [0.15, 0.2) is 65.5 Å². The van der Waals surface area contributed by atoms with Gasteiger partial charge < -0.3 is 10.8 Å². The van der Waals surface area contributed by atoms with Crippen LogP contribution < -0.4 is 11.3 Å². The van der Waals surface area contributed by atoms with Gasteiger partial charge in [-0.3, -0.25) is 4.79 Å². The van der Waals surface area contributed by atoms with Crippen molar-refractivity contribution in [1.82, 2.24) is 10.2 Å². The highest BCUT2D eigenvalue weighted by molar-refractivity contribution is 6.30. The van der Waals surface area contributed by atoms with Gasteiger partial charge in [0.05, 0.1) is 11.3 Å². The van der Waals surface area contributed by atoms with Crippen molar-refractivity contribution in [3.63, 3.8) is 0 Å².